The van der Waals surface area contributed by atoms with Crippen LogP contribution in [0.3, 0.4) is 0 Å². The highest BCUT2D eigenvalue weighted by Crippen LogP contribution is 2.43. The minimum Gasteiger partial charge on any atom is -0.308 e. The van der Waals surface area contributed by atoms with Gasteiger partial charge in [-0.3, -0.25) is 4.98 Å². The van der Waals surface area contributed by atoms with Gasteiger partial charge in [-0.05, 0) is 53.6 Å². The van der Waals surface area contributed by atoms with Crippen molar-refractivity contribution in [1.82, 2.24) is 9.55 Å². The highest BCUT2D eigenvalue weighted by Gasteiger charge is 2.22. The molecule has 0 aliphatic carbocycles. The number of nitrogens with zero attached hydrogens (tertiary/aromatic N) is 5. The van der Waals surface area contributed by atoms with Crippen LogP contribution in [0.2, 0.25) is 0 Å². The fourth-order valence-corrected chi connectivity index (χ4v) is 5.91. The third-order valence-electron chi connectivity index (χ3n) is 7.83. The molecule has 0 atom stereocenters. The third-order valence-corrected chi connectivity index (χ3v) is 7.83. The Bertz CT molecular complexity index is 2310. The lowest BCUT2D eigenvalue weighted by atomic mass is 9.93. The first-order valence-electron chi connectivity index (χ1n) is 13.7. The number of benzene rings is 5. The normalized spacial score (nSPS) is 10.7. The predicted octanol–water partition coefficient (Wildman–Crippen LogP) is 8.79. The Kier molecular flexibility index (Phi) is 6.22. The molecule has 0 saturated heterocycles. The van der Waals surface area contributed by atoms with Gasteiger partial charge in [0, 0.05) is 45.4 Å². The highest BCUT2D eigenvalue weighted by molar-refractivity contribution is 6.14. The Morgan fingerprint density at radius 1 is 0.512 bits per heavy atom. The number of aromatic nitrogens is 2. The summed E-state index contributed by atoms with van der Waals surface area (Å²) in [5.41, 5.74) is 9.48. The maximum absolute atomic E-state index is 10.4. The van der Waals surface area contributed by atoms with E-state index in [2.05, 4.69) is 64.2 Å². The number of nitriles is 3. The largest absolute Gasteiger partial charge is 0.308 e. The fraction of sp³-hybridized carbons (Fsp3) is 0. The molecule has 5 heteroatoms. The van der Waals surface area contributed by atoms with Crippen LogP contribution >= 0.6 is 0 Å². The molecule has 0 amide bonds. The Labute approximate surface area is 248 Å². The van der Waals surface area contributed by atoms with Crippen LogP contribution in [-0.2, 0) is 0 Å². The zero-order valence-corrected chi connectivity index (χ0v) is 22.9. The molecular formula is C38H21N5. The van der Waals surface area contributed by atoms with Crippen molar-refractivity contribution in [2.24, 2.45) is 0 Å². The first kappa shape index (κ1) is 25.5. The van der Waals surface area contributed by atoms with Gasteiger partial charge in [0.15, 0.2) is 0 Å². The molecule has 0 fully saturated rings. The van der Waals surface area contributed by atoms with Crippen molar-refractivity contribution in [3.8, 4) is 57.3 Å². The molecule has 5 nitrogen and oxygen atoms in total. The van der Waals surface area contributed by atoms with Crippen molar-refractivity contribution in [2.75, 3.05) is 0 Å². The van der Waals surface area contributed by atoms with E-state index in [9.17, 15) is 15.8 Å². The van der Waals surface area contributed by atoms with E-state index in [4.69, 9.17) is 0 Å². The Balaban J connectivity index is 1.65. The SMILES string of the molecule is N#Cc1ccc(-c2cccc3c4ccccc4n(-c4cc(C#N)c(-c5ccncc5)cc4-c4ccccc4)c23)c(C#N)c1. The predicted molar refractivity (Wildman–Crippen MR) is 169 cm³/mol. The van der Waals surface area contributed by atoms with Gasteiger partial charge >= 0.3 is 0 Å². The van der Waals surface area contributed by atoms with Gasteiger partial charge in [-0.1, -0.05) is 72.8 Å². The van der Waals surface area contributed by atoms with Crippen molar-refractivity contribution in [3.63, 3.8) is 0 Å². The molecule has 5 aromatic carbocycles. The summed E-state index contributed by atoms with van der Waals surface area (Å²) in [5.74, 6) is 0. The van der Waals surface area contributed by atoms with Crippen LogP contribution in [0.4, 0.5) is 0 Å². The quantitative estimate of drug-likeness (QED) is 0.220. The molecule has 0 spiro atoms. The molecule has 2 aromatic heterocycles. The second-order valence-corrected chi connectivity index (χ2v) is 10.2. The summed E-state index contributed by atoms with van der Waals surface area (Å²) in [6.45, 7) is 0. The van der Waals surface area contributed by atoms with Crippen LogP contribution in [0, 0.1) is 34.0 Å². The van der Waals surface area contributed by atoms with Gasteiger partial charge in [-0.2, -0.15) is 15.8 Å². The van der Waals surface area contributed by atoms with Crippen molar-refractivity contribution in [2.45, 2.75) is 0 Å². The molecule has 0 N–H and O–H groups in total. The van der Waals surface area contributed by atoms with E-state index in [0.717, 1.165) is 60.9 Å². The second kappa shape index (κ2) is 10.5. The molecule has 0 unspecified atom stereocenters. The zero-order chi connectivity index (χ0) is 29.3. The minimum absolute atomic E-state index is 0.428. The van der Waals surface area contributed by atoms with Gasteiger partial charge in [0.05, 0.1) is 51.6 Å². The number of hydrogen-bond acceptors (Lipinski definition) is 4. The summed E-state index contributed by atoms with van der Waals surface area (Å²) in [7, 11) is 0. The molecule has 0 aliphatic rings. The summed E-state index contributed by atoms with van der Waals surface area (Å²) < 4.78 is 2.21. The van der Waals surface area contributed by atoms with Gasteiger partial charge in [-0.15, -0.1) is 0 Å². The maximum Gasteiger partial charge on any atom is 0.0998 e. The summed E-state index contributed by atoms with van der Waals surface area (Å²) in [5, 5.41) is 32.1. The zero-order valence-electron chi connectivity index (χ0n) is 22.9. The number of rotatable bonds is 4. The van der Waals surface area contributed by atoms with Crippen molar-refractivity contribution in [1.29, 1.82) is 15.8 Å². The van der Waals surface area contributed by atoms with E-state index in [1.807, 2.05) is 66.7 Å². The van der Waals surface area contributed by atoms with E-state index >= 15 is 0 Å². The average molecular weight is 548 g/mol. The summed E-state index contributed by atoms with van der Waals surface area (Å²) in [6.07, 6.45) is 3.46. The topological polar surface area (TPSA) is 89.2 Å². The van der Waals surface area contributed by atoms with Crippen LogP contribution in [0.25, 0.3) is 60.9 Å². The Morgan fingerprint density at radius 2 is 1.21 bits per heavy atom. The van der Waals surface area contributed by atoms with E-state index in [0.29, 0.717) is 16.7 Å². The van der Waals surface area contributed by atoms with Gasteiger partial charge in [-0.25, -0.2) is 0 Å². The number of pyridine rings is 1. The molecule has 7 aromatic rings. The van der Waals surface area contributed by atoms with E-state index in [-0.39, 0.29) is 0 Å². The molecule has 198 valence electrons. The Hall–Kier alpha value is -6.48. The van der Waals surface area contributed by atoms with Gasteiger partial charge < -0.3 is 4.57 Å². The fourth-order valence-electron chi connectivity index (χ4n) is 5.91. The van der Waals surface area contributed by atoms with Crippen molar-refractivity contribution >= 4 is 21.8 Å². The first-order valence-corrected chi connectivity index (χ1v) is 13.7. The lowest BCUT2D eigenvalue weighted by Crippen LogP contribution is -2.01. The third kappa shape index (κ3) is 4.20. The molecule has 2 heterocycles. The molecule has 0 bridgehead atoms. The molecule has 7 rings (SSSR count). The van der Waals surface area contributed by atoms with Crippen molar-refractivity contribution in [3.05, 3.63) is 144 Å². The van der Waals surface area contributed by atoms with E-state index in [1.165, 1.54) is 0 Å². The molecule has 0 saturated carbocycles. The number of hydrogen-bond donors (Lipinski definition) is 0. The average Bonchev–Trinajstić information content (AvgIpc) is 3.42. The monoisotopic (exact) mass is 547 g/mol. The second-order valence-electron chi connectivity index (χ2n) is 10.2. The van der Waals surface area contributed by atoms with E-state index in [1.54, 1.807) is 24.5 Å². The molecule has 0 aliphatic heterocycles. The lowest BCUT2D eigenvalue weighted by Gasteiger charge is -2.19. The molecular weight excluding hydrogens is 526 g/mol. The minimum atomic E-state index is 0.428. The molecule has 43 heavy (non-hydrogen) atoms. The van der Waals surface area contributed by atoms with Gasteiger partial charge in [0.1, 0.15) is 0 Å². The standard InChI is InChI=1S/C38H21N5/c39-22-25-13-14-30(28(19-25)23-40)32-10-6-11-33-31-9-4-5-12-36(31)43(38(32)33)37-20-29(24-41)34(27-15-17-42-18-16-27)21-35(37)26-7-2-1-3-8-26/h1-21H. The highest BCUT2D eigenvalue weighted by atomic mass is 15.0. The van der Waals surface area contributed by atoms with Gasteiger partial charge in [0.25, 0.3) is 0 Å². The van der Waals surface area contributed by atoms with Crippen LogP contribution in [-0.4, -0.2) is 9.55 Å². The van der Waals surface area contributed by atoms with Crippen LogP contribution in [0.5, 0.6) is 0 Å². The van der Waals surface area contributed by atoms with Crippen LogP contribution in [0.1, 0.15) is 16.7 Å². The van der Waals surface area contributed by atoms with Crippen LogP contribution < -0.4 is 0 Å². The number of fused-ring (bicyclic) bond motifs is 3. The van der Waals surface area contributed by atoms with E-state index < -0.39 is 0 Å². The Morgan fingerprint density at radius 3 is 1.98 bits per heavy atom. The summed E-state index contributed by atoms with van der Waals surface area (Å²) >= 11 is 0. The summed E-state index contributed by atoms with van der Waals surface area (Å²) in [6, 6.07) is 44.5. The lowest BCUT2D eigenvalue weighted by molar-refractivity contribution is 1.18. The smallest absolute Gasteiger partial charge is 0.0998 e. The van der Waals surface area contributed by atoms with Crippen molar-refractivity contribution < 1.29 is 0 Å². The van der Waals surface area contributed by atoms with Crippen LogP contribution in [0.15, 0.2) is 128 Å². The van der Waals surface area contributed by atoms with Gasteiger partial charge in [0.2, 0.25) is 0 Å². The maximum atomic E-state index is 10.4. The summed E-state index contributed by atoms with van der Waals surface area (Å²) in [4.78, 5) is 4.17. The number of para-hydroxylation sites is 2. The molecule has 0 radical (unpaired) electrons. The first-order chi connectivity index (χ1) is 21.2.